The van der Waals surface area contributed by atoms with Gasteiger partial charge in [0.2, 0.25) is 0 Å². The van der Waals surface area contributed by atoms with E-state index in [-0.39, 0.29) is 5.91 Å². The van der Waals surface area contributed by atoms with E-state index in [9.17, 15) is 4.79 Å². The SMILES string of the molecule is CCC(Oc1ccc(Br)cc1C)C(=O)NN. The lowest BCUT2D eigenvalue weighted by Gasteiger charge is -2.17. The second kappa shape index (κ2) is 5.86. The Bertz CT molecular complexity index is 382. The van der Waals surface area contributed by atoms with Gasteiger partial charge >= 0.3 is 0 Å². The second-order valence-electron chi connectivity index (χ2n) is 3.43. The largest absolute Gasteiger partial charge is 0.480 e. The molecule has 0 aliphatic carbocycles. The number of halogens is 1. The van der Waals surface area contributed by atoms with Gasteiger partial charge in [-0.2, -0.15) is 0 Å². The lowest BCUT2D eigenvalue weighted by Crippen LogP contribution is -2.41. The Hall–Kier alpha value is -1.07. The minimum Gasteiger partial charge on any atom is -0.480 e. The van der Waals surface area contributed by atoms with Gasteiger partial charge in [-0.05, 0) is 37.1 Å². The Morgan fingerprint density at radius 1 is 1.62 bits per heavy atom. The van der Waals surface area contributed by atoms with E-state index in [2.05, 4.69) is 21.4 Å². The van der Waals surface area contributed by atoms with Crippen molar-refractivity contribution in [3.05, 3.63) is 28.2 Å². The average molecular weight is 287 g/mol. The third kappa shape index (κ3) is 3.21. The Kier molecular flexibility index (Phi) is 4.76. The Morgan fingerprint density at radius 2 is 2.31 bits per heavy atom. The Labute approximate surface area is 103 Å². The van der Waals surface area contributed by atoms with E-state index in [0.717, 1.165) is 10.0 Å². The van der Waals surface area contributed by atoms with Crippen molar-refractivity contribution in [2.24, 2.45) is 5.84 Å². The summed E-state index contributed by atoms with van der Waals surface area (Å²) in [6, 6.07) is 5.63. The topological polar surface area (TPSA) is 64.3 Å². The number of nitrogens with one attached hydrogen (secondary N) is 1. The number of benzene rings is 1. The fourth-order valence-electron chi connectivity index (χ4n) is 1.31. The highest BCUT2D eigenvalue weighted by Gasteiger charge is 2.17. The molecule has 0 aliphatic rings. The highest BCUT2D eigenvalue weighted by molar-refractivity contribution is 9.10. The molecule has 0 radical (unpaired) electrons. The van der Waals surface area contributed by atoms with Gasteiger partial charge in [0.1, 0.15) is 5.75 Å². The van der Waals surface area contributed by atoms with Crippen molar-refractivity contribution in [2.45, 2.75) is 26.4 Å². The quantitative estimate of drug-likeness (QED) is 0.505. The smallest absolute Gasteiger partial charge is 0.274 e. The number of aryl methyl sites for hydroxylation is 1. The summed E-state index contributed by atoms with van der Waals surface area (Å²) in [6.07, 6.45) is 0.0170. The van der Waals surface area contributed by atoms with Gasteiger partial charge in [0.05, 0.1) is 0 Å². The van der Waals surface area contributed by atoms with Crippen LogP contribution >= 0.6 is 15.9 Å². The normalized spacial score (nSPS) is 12.0. The minimum absolute atomic E-state index is 0.315. The zero-order chi connectivity index (χ0) is 12.1. The van der Waals surface area contributed by atoms with E-state index >= 15 is 0 Å². The molecule has 4 nitrogen and oxygen atoms in total. The number of amides is 1. The van der Waals surface area contributed by atoms with E-state index in [0.29, 0.717) is 12.2 Å². The molecule has 1 rings (SSSR count). The molecule has 0 spiro atoms. The monoisotopic (exact) mass is 286 g/mol. The fourth-order valence-corrected chi connectivity index (χ4v) is 1.79. The molecule has 1 aromatic carbocycles. The van der Waals surface area contributed by atoms with Crippen LogP contribution in [-0.4, -0.2) is 12.0 Å². The molecule has 0 bridgehead atoms. The van der Waals surface area contributed by atoms with E-state index in [1.165, 1.54) is 0 Å². The highest BCUT2D eigenvalue weighted by Crippen LogP contribution is 2.23. The van der Waals surface area contributed by atoms with Crippen LogP contribution in [0.5, 0.6) is 5.75 Å². The number of rotatable bonds is 4. The highest BCUT2D eigenvalue weighted by atomic mass is 79.9. The van der Waals surface area contributed by atoms with Gasteiger partial charge in [-0.15, -0.1) is 0 Å². The van der Waals surface area contributed by atoms with Gasteiger partial charge in [0, 0.05) is 4.47 Å². The summed E-state index contributed by atoms with van der Waals surface area (Å²) in [5.74, 6) is 5.46. The molecule has 0 aliphatic heterocycles. The van der Waals surface area contributed by atoms with Crippen molar-refractivity contribution in [1.29, 1.82) is 0 Å². The first-order valence-corrected chi connectivity index (χ1v) is 5.81. The molecule has 1 atom stereocenters. The predicted molar refractivity (Wildman–Crippen MR) is 65.9 cm³/mol. The summed E-state index contributed by atoms with van der Waals surface area (Å²) >= 11 is 3.37. The molecule has 3 N–H and O–H groups in total. The Morgan fingerprint density at radius 3 is 2.81 bits per heavy atom. The number of hydrogen-bond acceptors (Lipinski definition) is 3. The van der Waals surface area contributed by atoms with Crippen LogP contribution < -0.4 is 16.0 Å². The van der Waals surface area contributed by atoms with Crippen molar-refractivity contribution in [3.63, 3.8) is 0 Å². The third-order valence-electron chi connectivity index (χ3n) is 2.21. The van der Waals surface area contributed by atoms with Gasteiger partial charge in [-0.1, -0.05) is 22.9 Å². The lowest BCUT2D eigenvalue weighted by atomic mass is 10.2. The molecule has 0 heterocycles. The van der Waals surface area contributed by atoms with Gasteiger partial charge in [0.25, 0.3) is 5.91 Å². The zero-order valence-corrected chi connectivity index (χ0v) is 10.9. The fraction of sp³-hybridized carbons (Fsp3) is 0.364. The lowest BCUT2D eigenvalue weighted by molar-refractivity contribution is -0.128. The summed E-state index contributed by atoms with van der Waals surface area (Å²) in [5.41, 5.74) is 3.06. The molecule has 88 valence electrons. The van der Waals surface area contributed by atoms with Crippen LogP contribution in [0.4, 0.5) is 0 Å². The molecule has 0 fully saturated rings. The molecule has 0 saturated carbocycles. The number of ether oxygens (including phenoxy) is 1. The molecule has 16 heavy (non-hydrogen) atoms. The van der Waals surface area contributed by atoms with Crippen LogP contribution in [0.3, 0.4) is 0 Å². The van der Waals surface area contributed by atoms with Crippen LogP contribution in [0.2, 0.25) is 0 Å². The number of hydrazine groups is 1. The minimum atomic E-state index is -0.551. The van der Waals surface area contributed by atoms with Gasteiger partial charge in [0.15, 0.2) is 6.10 Å². The first kappa shape index (κ1) is 13.0. The molecule has 5 heteroatoms. The zero-order valence-electron chi connectivity index (χ0n) is 9.29. The van der Waals surface area contributed by atoms with Crippen LogP contribution in [0.1, 0.15) is 18.9 Å². The maximum atomic E-state index is 11.4. The number of nitrogens with two attached hydrogens (primary N) is 1. The van der Waals surface area contributed by atoms with Crippen LogP contribution in [-0.2, 0) is 4.79 Å². The standard InChI is InChI=1S/C11H15BrN2O2/c1-3-9(11(15)14-13)16-10-5-4-8(12)6-7(10)2/h4-6,9H,3,13H2,1-2H3,(H,14,15). The number of hydrogen-bond donors (Lipinski definition) is 2. The summed E-state index contributed by atoms with van der Waals surface area (Å²) in [4.78, 5) is 11.4. The maximum Gasteiger partial charge on any atom is 0.274 e. The van der Waals surface area contributed by atoms with E-state index < -0.39 is 6.10 Å². The summed E-state index contributed by atoms with van der Waals surface area (Å²) in [6.45, 7) is 3.79. The maximum absolute atomic E-state index is 11.4. The molecule has 0 aromatic heterocycles. The van der Waals surface area contributed by atoms with Gasteiger partial charge < -0.3 is 4.74 Å². The molecule has 1 unspecified atom stereocenters. The van der Waals surface area contributed by atoms with Crippen LogP contribution in [0.15, 0.2) is 22.7 Å². The van der Waals surface area contributed by atoms with E-state index in [1.807, 2.05) is 32.0 Å². The first-order valence-electron chi connectivity index (χ1n) is 5.01. The molecule has 1 aromatic rings. The van der Waals surface area contributed by atoms with Crippen molar-refractivity contribution >= 4 is 21.8 Å². The molecule has 1 amide bonds. The molecule has 0 saturated heterocycles. The predicted octanol–water partition coefficient (Wildman–Crippen LogP) is 1.90. The second-order valence-corrected chi connectivity index (χ2v) is 4.35. The van der Waals surface area contributed by atoms with Crippen molar-refractivity contribution < 1.29 is 9.53 Å². The van der Waals surface area contributed by atoms with Crippen LogP contribution in [0.25, 0.3) is 0 Å². The number of carbonyl (C=O) groups is 1. The third-order valence-corrected chi connectivity index (χ3v) is 2.70. The Balaban J connectivity index is 2.82. The molecular weight excluding hydrogens is 272 g/mol. The summed E-state index contributed by atoms with van der Waals surface area (Å²) in [5, 5.41) is 0. The van der Waals surface area contributed by atoms with Gasteiger partial charge in [-0.3, -0.25) is 10.2 Å². The van der Waals surface area contributed by atoms with E-state index in [1.54, 1.807) is 0 Å². The van der Waals surface area contributed by atoms with Crippen molar-refractivity contribution in [2.75, 3.05) is 0 Å². The van der Waals surface area contributed by atoms with Crippen LogP contribution in [0, 0.1) is 6.92 Å². The first-order chi connectivity index (χ1) is 7.58. The summed E-state index contributed by atoms with van der Waals surface area (Å²) < 4.78 is 6.57. The van der Waals surface area contributed by atoms with Crippen molar-refractivity contribution in [3.8, 4) is 5.75 Å². The van der Waals surface area contributed by atoms with E-state index in [4.69, 9.17) is 10.6 Å². The average Bonchev–Trinajstić information content (AvgIpc) is 2.27. The van der Waals surface area contributed by atoms with Gasteiger partial charge in [-0.25, -0.2) is 5.84 Å². The summed E-state index contributed by atoms with van der Waals surface area (Å²) in [7, 11) is 0. The number of carbonyl (C=O) groups excluding carboxylic acids is 1. The van der Waals surface area contributed by atoms with Crippen molar-refractivity contribution in [1.82, 2.24) is 5.43 Å². The molecular formula is C11H15BrN2O2.